The van der Waals surface area contributed by atoms with E-state index in [4.69, 9.17) is 9.73 Å². The summed E-state index contributed by atoms with van der Waals surface area (Å²) in [6.45, 7) is 20.2. The molecule has 0 bridgehead atoms. The summed E-state index contributed by atoms with van der Waals surface area (Å²) in [7, 11) is 4.36. The average Bonchev–Trinajstić information content (AvgIpc) is 3.78. The number of ether oxygens (including phenoxy) is 1. The Morgan fingerprint density at radius 1 is 0.632 bits per heavy atom. The highest BCUT2D eigenvalue weighted by molar-refractivity contribution is 6.13. The maximum atomic E-state index is 15.2. The quantitative estimate of drug-likeness (QED) is 0.154. The van der Waals surface area contributed by atoms with Gasteiger partial charge in [0.2, 0.25) is 0 Å². The largest absolute Gasteiger partial charge is 0.456 e. The predicted octanol–water partition coefficient (Wildman–Crippen LogP) is 13.1. The maximum absolute atomic E-state index is 15.2. The van der Waals surface area contributed by atoms with Crippen LogP contribution in [-0.4, -0.2) is 56.8 Å². The first-order chi connectivity index (χ1) is 32.7. The molecule has 0 atom stereocenters. The van der Waals surface area contributed by atoms with Crippen LogP contribution >= 0.6 is 0 Å². The zero-order chi connectivity index (χ0) is 47.7. The molecule has 1 saturated carbocycles. The van der Waals surface area contributed by atoms with Crippen molar-refractivity contribution in [2.45, 2.75) is 91.0 Å². The Hall–Kier alpha value is -6.80. The third-order valence-electron chi connectivity index (χ3n) is 15.4. The SMILES string of the molecule is CCNc1cc2c(cc1C)C1(c3cc(C)c(NCC)cc3O2)c2ccccc2C(=O)N1CCN=C1C(=CC=C2N(C)c3ccccc3C2(C)C)CCC/C1=C\C=C1\N(C)c2ccccc2C1(C)C. The summed E-state index contributed by atoms with van der Waals surface area (Å²) < 4.78 is 6.92. The van der Waals surface area contributed by atoms with Crippen molar-refractivity contribution in [1.82, 2.24) is 4.90 Å². The first kappa shape index (κ1) is 45.0. The summed E-state index contributed by atoms with van der Waals surface area (Å²) in [5, 5.41) is 7.10. The van der Waals surface area contributed by atoms with Gasteiger partial charge in [0.1, 0.15) is 17.0 Å². The molecule has 0 unspecified atom stereocenters. The lowest BCUT2D eigenvalue weighted by molar-refractivity contribution is 0.0673. The van der Waals surface area contributed by atoms with E-state index < -0.39 is 5.54 Å². The number of anilines is 4. The van der Waals surface area contributed by atoms with Gasteiger partial charge < -0.3 is 30.1 Å². The fourth-order valence-electron chi connectivity index (χ4n) is 12.1. The van der Waals surface area contributed by atoms with E-state index in [1.807, 2.05) is 12.1 Å². The molecule has 1 aliphatic carbocycles. The second kappa shape index (κ2) is 17.1. The number of fused-ring (bicyclic) bond motifs is 8. The Bertz CT molecular complexity index is 2880. The molecule has 4 heterocycles. The molecular formula is C60H66N6O2. The van der Waals surface area contributed by atoms with Gasteiger partial charge in [-0.25, -0.2) is 0 Å². The molecule has 8 nitrogen and oxygen atoms in total. The number of likely N-dealkylation sites (N-methyl/N-ethyl adjacent to an activating group) is 2. The lowest BCUT2D eigenvalue weighted by atomic mass is 9.73. The van der Waals surface area contributed by atoms with Crippen molar-refractivity contribution in [1.29, 1.82) is 0 Å². The number of hydrogen-bond acceptors (Lipinski definition) is 7. The number of hydrogen-bond donors (Lipinski definition) is 2. The molecule has 68 heavy (non-hydrogen) atoms. The minimum absolute atomic E-state index is 0.00297. The van der Waals surface area contributed by atoms with Crippen LogP contribution < -0.4 is 25.2 Å². The summed E-state index contributed by atoms with van der Waals surface area (Å²) in [5.41, 5.74) is 17.8. The molecule has 5 aromatic rings. The van der Waals surface area contributed by atoms with Gasteiger partial charge in [0.15, 0.2) is 0 Å². The van der Waals surface area contributed by atoms with E-state index in [1.165, 1.54) is 45.0 Å². The number of nitrogens with one attached hydrogen (secondary N) is 2. The van der Waals surface area contributed by atoms with Crippen LogP contribution in [0.5, 0.6) is 11.5 Å². The monoisotopic (exact) mass is 903 g/mol. The maximum Gasteiger partial charge on any atom is 0.255 e. The molecule has 10 rings (SSSR count). The number of aryl methyl sites for hydroxylation is 2. The van der Waals surface area contributed by atoms with Crippen LogP contribution in [-0.2, 0) is 16.4 Å². The van der Waals surface area contributed by atoms with Crippen molar-refractivity contribution >= 4 is 34.4 Å². The second-order valence-electron chi connectivity index (χ2n) is 20.2. The van der Waals surface area contributed by atoms with Gasteiger partial charge >= 0.3 is 0 Å². The van der Waals surface area contributed by atoms with E-state index in [9.17, 15) is 0 Å². The first-order valence-electron chi connectivity index (χ1n) is 24.6. The van der Waals surface area contributed by atoms with Gasteiger partial charge in [-0.3, -0.25) is 9.79 Å². The first-order valence-corrected chi connectivity index (χ1v) is 24.6. The summed E-state index contributed by atoms with van der Waals surface area (Å²) in [6.07, 6.45) is 12.2. The third-order valence-corrected chi connectivity index (χ3v) is 15.4. The van der Waals surface area contributed by atoms with Crippen molar-refractivity contribution in [2.24, 2.45) is 4.99 Å². The number of aliphatic imine (C=N–C) groups is 1. The number of benzene rings is 5. The van der Waals surface area contributed by atoms with E-state index in [1.54, 1.807) is 0 Å². The Labute approximate surface area is 403 Å². The van der Waals surface area contributed by atoms with Gasteiger partial charge in [-0.1, -0.05) is 94.4 Å². The summed E-state index contributed by atoms with van der Waals surface area (Å²) >= 11 is 0. The van der Waals surface area contributed by atoms with E-state index >= 15 is 4.79 Å². The number of para-hydroxylation sites is 2. The molecule has 2 N–H and O–H groups in total. The zero-order valence-corrected chi connectivity index (χ0v) is 41.6. The third kappa shape index (κ3) is 6.92. The molecule has 0 aromatic heterocycles. The summed E-state index contributed by atoms with van der Waals surface area (Å²) in [5.74, 6) is 1.50. The number of allylic oxidation sites excluding steroid dienone is 8. The van der Waals surface area contributed by atoms with E-state index in [0.29, 0.717) is 18.7 Å². The normalized spacial score (nSPS) is 21.1. The molecule has 4 aliphatic heterocycles. The number of amides is 1. The second-order valence-corrected chi connectivity index (χ2v) is 20.2. The standard InChI is InChI=1S/C60H66N6O2/c1-11-61-48-36-52-46(34-38(48)3)60(47-35-39(4)49(62-12-2)37-53(47)68-52)43-23-14-13-22-42(43)57(67)66(60)33-32-63-56-40(28-30-54-58(5,6)44-24-15-17-26-50(44)64(54)9)20-19-21-41(56)29-31-55-59(7,8)45-25-16-18-27-51(45)65(55)10/h13-18,22-31,34-37,61-62H,11-12,19-21,32-33H2,1-10H3/b40-28+,41-29?,54-30+,55-31?,63-56?. The fourth-order valence-corrected chi connectivity index (χ4v) is 12.1. The molecule has 0 saturated heterocycles. The predicted molar refractivity (Wildman–Crippen MR) is 282 cm³/mol. The lowest BCUT2D eigenvalue weighted by Gasteiger charge is -2.45. The Morgan fingerprint density at radius 2 is 1.10 bits per heavy atom. The van der Waals surface area contributed by atoms with Crippen molar-refractivity contribution in [3.8, 4) is 11.5 Å². The number of carbonyl (C=O) groups excluding carboxylic acids is 1. The van der Waals surface area contributed by atoms with Crippen molar-refractivity contribution in [3.05, 3.63) is 188 Å². The molecule has 1 fully saturated rings. The number of nitrogens with zero attached hydrogens (tertiary/aromatic N) is 4. The molecule has 8 heteroatoms. The van der Waals surface area contributed by atoms with Gasteiger partial charge in [-0.2, -0.15) is 0 Å². The summed E-state index contributed by atoms with van der Waals surface area (Å²) in [4.78, 5) is 27.7. The van der Waals surface area contributed by atoms with Crippen LogP contribution in [0.2, 0.25) is 0 Å². The topological polar surface area (TPSA) is 72.4 Å². The molecule has 5 aliphatic rings. The highest BCUT2D eigenvalue weighted by Crippen LogP contribution is 2.59. The van der Waals surface area contributed by atoms with Crippen molar-refractivity contribution in [2.75, 3.05) is 60.7 Å². The van der Waals surface area contributed by atoms with Crippen LogP contribution in [0.25, 0.3) is 0 Å². The zero-order valence-electron chi connectivity index (χ0n) is 41.6. The minimum atomic E-state index is -0.943. The highest BCUT2D eigenvalue weighted by Gasteiger charge is 2.56. The molecule has 348 valence electrons. The number of rotatable bonds is 9. The fraction of sp³-hybridized carbons (Fsp3) is 0.333. The van der Waals surface area contributed by atoms with Crippen LogP contribution in [0.15, 0.2) is 149 Å². The highest BCUT2D eigenvalue weighted by atomic mass is 16.5. The van der Waals surface area contributed by atoms with Crippen LogP contribution in [0.4, 0.5) is 22.7 Å². The van der Waals surface area contributed by atoms with Crippen LogP contribution in [0.1, 0.15) is 110 Å². The van der Waals surface area contributed by atoms with Crippen LogP contribution in [0, 0.1) is 13.8 Å². The molecule has 1 amide bonds. The van der Waals surface area contributed by atoms with E-state index in [0.717, 1.165) is 88.8 Å². The van der Waals surface area contributed by atoms with Crippen molar-refractivity contribution in [3.63, 3.8) is 0 Å². The Balaban J connectivity index is 1.11. The minimum Gasteiger partial charge on any atom is -0.456 e. The molecule has 5 aromatic carbocycles. The summed E-state index contributed by atoms with van der Waals surface area (Å²) in [6, 6.07) is 34.4. The van der Waals surface area contributed by atoms with Crippen molar-refractivity contribution < 1.29 is 9.53 Å². The number of carbonyl (C=O) groups is 1. The Kier molecular flexibility index (Phi) is 11.3. The average molecular weight is 903 g/mol. The smallest absolute Gasteiger partial charge is 0.255 e. The molecule has 0 radical (unpaired) electrons. The molecule has 1 spiro atoms. The lowest BCUT2D eigenvalue weighted by Crippen LogP contribution is -2.48. The van der Waals surface area contributed by atoms with Gasteiger partial charge in [0.05, 0.1) is 12.3 Å². The van der Waals surface area contributed by atoms with E-state index in [-0.39, 0.29) is 16.7 Å². The van der Waals surface area contributed by atoms with E-state index in [2.05, 4.69) is 204 Å². The van der Waals surface area contributed by atoms with Gasteiger partial charge in [0, 0.05) is 108 Å². The van der Waals surface area contributed by atoms with Gasteiger partial charge in [-0.05, 0) is 128 Å². The van der Waals surface area contributed by atoms with Gasteiger partial charge in [0.25, 0.3) is 5.91 Å². The molecular weight excluding hydrogens is 837 g/mol. The van der Waals surface area contributed by atoms with Gasteiger partial charge in [-0.15, -0.1) is 0 Å². The Morgan fingerprint density at radius 3 is 1.59 bits per heavy atom. The van der Waals surface area contributed by atoms with Crippen LogP contribution in [0.3, 0.4) is 0 Å².